The average molecular weight is 498 g/mol. The van der Waals surface area contributed by atoms with Crippen molar-refractivity contribution in [3.05, 3.63) is 50.4 Å². The van der Waals surface area contributed by atoms with E-state index in [9.17, 15) is 4.79 Å². The fraction of sp³-hybridized carbons (Fsp3) is 0.263. The minimum atomic E-state index is -0.255. The van der Waals surface area contributed by atoms with Crippen LogP contribution in [0.2, 0.25) is 0 Å². The van der Waals surface area contributed by atoms with E-state index >= 15 is 0 Å². The first kappa shape index (κ1) is 19.3. The van der Waals surface area contributed by atoms with E-state index in [1.165, 1.54) is 29.7 Å². The van der Waals surface area contributed by atoms with E-state index in [-0.39, 0.29) is 5.91 Å². The van der Waals surface area contributed by atoms with Crippen molar-refractivity contribution in [1.82, 2.24) is 4.98 Å². The molecule has 0 fully saturated rings. The first-order valence-electron chi connectivity index (χ1n) is 8.25. The molecule has 0 atom stereocenters. The van der Waals surface area contributed by atoms with Crippen LogP contribution in [-0.4, -0.2) is 18.0 Å². The number of aromatic nitrogens is 1. The second-order valence-electron chi connectivity index (χ2n) is 5.85. The van der Waals surface area contributed by atoms with Gasteiger partial charge in [-0.2, -0.15) is 0 Å². The summed E-state index contributed by atoms with van der Waals surface area (Å²) in [6.07, 6.45) is 3.41. The first-order chi connectivity index (χ1) is 12.5. The third-order valence-corrected chi connectivity index (χ3v) is 5.93. The van der Waals surface area contributed by atoms with Crippen LogP contribution in [0.1, 0.15) is 35.7 Å². The molecule has 136 valence electrons. The number of hydrogen-bond acceptors (Lipinski definition) is 4. The van der Waals surface area contributed by atoms with Crippen LogP contribution in [0, 0.1) is 0 Å². The largest absolute Gasteiger partial charge is 0.495 e. The van der Waals surface area contributed by atoms with Gasteiger partial charge in [0.1, 0.15) is 5.75 Å². The van der Waals surface area contributed by atoms with E-state index in [0.29, 0.717) is 20.9 Å². The summed E-state index contributed by atoms with van der Waals surface area (Å²) >= 11 is 8.31. The highest BCUT2D eigenvalue weighted by atomic mass is 79.9. The van der Waals surface area contributed by atoms with Crippen molar-refractivity contribution >= 4 is 64.5 Å². The van der Waals surface area contributed by atoms with Gasteiger partial charge in [0.25, 0.3) is 5.91 Å². The minimum absolute atomic E-state index is 0.255. The first-order valence-corrected chi connectivity index (χ1v) is 10.7. The van der Waals surface area contributed by atoms with Crippen LogP contribution in [0.25, 0.3) is 10.2 Å². The number of aryl methyl sites for hydroxylation is 1. The predicted molar refractivity (Wildman–Crippen MR) is 115 cm³/mol. The Morgan fingerprint density at radius 2 is 2.08 bits per heavy atom. The highest BCUT2D eigenvalue weighted by molar-refractivity contribution is 9.11. The summed E-state index contributed by atoms with van der Waals surface area (Å²) in [4.78, 5) is 17.2. The molecule has 0 spiro atoms. The van der Waals surface area contributed by atoms with E-state index in [2.05, 4.69) is 61.2 Å². The highest BCUT2D eigenvalue weighted by Crippen LogP contribution is 2.34. The summed E-state index contributed by atoms with van der Waals surface area (Å²) in [6.45, 7) is 2.19. The Balaban J connectivity index is 1.86. The zero-order valence-electron chi connectivity index (χ0n) is 14.4. The zero-order valence-corrected chi connectivity index (χ0v) is 18.4. The summed E-state index contributed by atoms with van der Waals surface area (Å²) in [6, 6.07) is 9.86. The second kappa shape index (κ2) is 8.50. The molecule has 1 amide bonds. The number of methoxy groups -OCH3 is 1. The molecule has 0 aliphatic heterocycles. The lowest BCUT2D eigenvalue weighted by molar-refractivity contribution is 0.102. The number of unbranched alkanes of at least 4 members (excludes halogenated alkanes) is 1. The van der Waals surface area contributed by atoms with Crippen LogP contribution >= 0.6 is 43.2 Å². The number of carbonyl (C=O) groups is 1. The van der Waals surface area contributed by atoms with E-state index in [1.54, 1.807) is 13.2 Å². The molecular formula is C19H18Br2N2O2S. The lowest BCUT2D eigenvalue weighted by Crippen LogP contribution is -2.13. The molecule has 0 aliphatic rings. The molecule has 0 unspecified atom stereocenters. The quantitative estimate of drug-likeness (QED) is 0.427. The molecule has 0 bridgehead atoms. The van der Waals surface area contributed by atoms with Gasteiger partial charge in [-0.25, -0.2) is 4.98 Å². The van der Waals surface area contributed by atoms with Crippen LogP contribution in [0.15, 0.2) is 39.3 Å². The molecule has 2 aromatic carbocycles. The Morgan fingerprint density at radius 1 is 1.27 bits per heavy atom. The molecule has 0 aliphatic carbocycles. The number of hydrogen-bond donors (Lipinski definition) is 1. The monoisotopic (exact) mass is 496 g/mol. The van der Waals surface area contributed by atoms with Crippen LogP contribution in [0.5, 0.6) is 5.75 Å². The maximum absolute atomic E-state index is 12.7. The number of carbonyl (C=O) groups excluding carboxylic acids is 1. The molecule has 1 aromatic heterocycles. The lowest BCUT2D eigenvalue weighted by atomic mass is 10.1. The van der Waals surface area contributed by atoms with Gasteiger partial charge in [0.05, 0.1) is 27.4 Å². The Labute approximate surface area is 173 Å². The van der Waals surface area contributed by atoms with Crippen molar-refractivity contribution in [2.45, 2.75) is 26.2 Å². The van der Waals surface area contributed by atoms with Gasteiger partial charge in [0.15, 0.2) is 5.13 Å². The molecule has 4 nitrogen and oxygen atoms in total. The molecule has 3 aromatic rings. The number of anilines is 1. The molecule has 1 heterocycles. The van der Waals surface area contributed by atoms with Crippen molar-refractivity contribution < 1.29 is 9.53 Å². The fourth-order valence-corrected chi connectivity index (χ4v) is 4.97. The van der Waals surface area contributed by atoms with Gasteiger partial charge in [-0.15, -0.1) is 0 Å². The van der Waals surface area contributed by atoms with Crippen LogP contribution in [0.4, 0.5) is 5.13 Å². The molecule has 1 N–H and O–H groups in total. The Bertz CT molecular complexity index is 956. The van der Waals surface area contributed by atoms with Gasteiger partial charge in [-0.1, -0.05) is 46.7 Å². The Morgan fingerprint density at radius 3 is 2.81 bits per heavy atom. The van der Waals surface area contributed by atoms with Gasteiger partial charge < -0.3 is 4.74 Å². The Kier molecular flexibility index (Phi) is 6.32. The standard InChI is InChI=1S/C19H18Br2N2O2S/c1-3-4-5-11-6-7-15-16(8-11)26-19(22-15)23-18(24)13-9-12(20)10-14(21)17(13)25-2/h6-10H,3-5H2,1-2H3,(H,22,23,24). The Hall–Kier alpha value is -1.44. The number of fused-ring (bicyclic) bond motifs is 1. The van der Waals surface area contributed by atoms with Gasteiger partial charge in [0, 0.05) is 4.47 Å². The maximum atomic E-state index is 12.7. The fourth-order valence-electron chi connectivity index (χ4n) is 2.66. The summed E-state index contributed by atoms with van der Waals surface area (Å²) < 4.78 is 7.94. The van der Waals surface area contributed by atoms with Gasteiger partial charge in [0.2, 0.25) is 0 Å². The predicted octanol–water partition coefficient (Wildman–Crippen LogP) is 6.42. The van der Waals surface area contributed by atoms with Crippen molar-refractivity contribution in [3.8, 4) is 5.75 Å². The molecule has 0 radical (unpaired) electrons. The number of halogens is 2. The number of rotatable bonds is 6. The molecule has 7 heteroatoms. The number of thiazole rings is 1. The third-order valence-electron chi connectivity index (χ3n) is 3.95. The van der Waals surface area contributed by atoms with E-state index in [0.717, 1.165) is 21.1 Å². The molecule has 0 saturated heterocycles. The normalized spacial score (nSPS) is 10.9. The number of ether oxygens (including phenoxy) is 1. The second-order valence-corrected chi connectivity index (χ2v) is 8.65. The topological polar surface area (TPSA) is 51.2 Å². The van der Waals surface area contributed by atoms with Gasteiger partial charge >= 0.3 is 0 Å². The molecule has 3 rings (SSSR count). The molecule has 26 heavy (non-hydrogen) atoms. The summed E-state index contributed by atoms with van der Waals surface area (Å²) in [7, 11) is 1.54. The average Bonchev–Trinajstić information content (AvgIpc) is 3.00. The van der Waals surface area contributed by atoms with Crippen LogP contribution in [0.3, 0.4) is 0 Å². The smallest absolute Gasteiger partial charge is 0.261 e. The number of amides is 1. The number of nitrogens with one attached hydrogen (secondary N) is 1. The van der Waals surface area contributed by atoms with Crippen molar-refractivity contribution in [2.75, 3.05) is 12.4 Å². The van der Waals surface area contributed by atoms with E-state index < -0.39 is 0 Å². The molecular weight excluding hydrogens is 480 g/mol. The molecule has 0 saturated carbocycles. The van der Waals surface area contributed by atoms with Crippen molar-refractivity contribution in [1.29, 1.82) is 0 Å². The lowest BCUT2D eigenvalue weighted by Gasteiger charge is -2.10. The van der Waals surface area contributed by atoms with Crippen molar-refractivity contribution in [3.63, 3.8) is 0 Å². The zero-order chi connectivity index (χ0) is 18.7. The van der Waals surface area contributed by atoms with E-state index in [4.69, 9.17) is 4.74 Å². The van der Waals surface area contributed by atoms with E-state index in [1.807, 2.05) is 12.1 Å². The van der Waals surface area contributed by atoms with Gasteiger partial charge in [-0.05, 0) is 58.6 Å². The summed E-state index contributed by atoms with van der Waals surface area (Å²) in [5.41, 5.74) is 2.64. The summed E-state index contributed by atoms with van der Waals surface area (Å²) in [5.74, 6) is 0.239. The SMILES string of the molecule is CCCCc1ccc2nc(NC(=O)c3cc(Br)cc(Br)c3OC)sc2c1. The number of benzene rings is 2. The number of nitrogens with zero attached hydrogens (tertiary/aromatic N) is 1. The highest BCUT2D eigenvalue weighted by Gasteiger charge is 2.18. The third kappa shape index (κ3) is 4.27. The maximum Gasteiger partial charge on any atom is 0.261 e. The minimum Gasteiger partial charge on any atom is -0.495 e. The van der Waals surface area contributed by atoms with Crippen LogP contribution < -0.4 is 10.1 Å². The van der Waals surface area contributed by atoms with Crippen LogP contribution in [-0.2, 0) is 6.42 Å². The van der Waals surface area contributed by atoms with Crippen molar-refractivity contribution in [2.24, 2.45) is 0 Å². The van der Waals surface area contributed by atoms with Gasteiger partial charge in [-0.3, -0.25) is 10.1 Å². The summed E-state index contributed by atoms with van der Waals surface area (Å²) in [5, 5.41) is 3.47.